The summed E-state index contributed by atoms with van der Waals surface area (Å²) in [6.45, 7) is 3.01. The molecule has 1 atom stereocenters. The van der Waals surface area contributed by atoms with Crippen molar-refractivity contribution >= 4 is 17.5 Å². The van der Waals surface area contributed by atoms with Crippen molar-refractivity contribution in [3.63, 3.8) is 0 Å². The van der Waals surface area contributed by atoms with E-state index < -0.39 is 0 Å². The van der Waals surface area contributed by atoms with Crippen molar-refractivity contribution in [2.45, 2.75) is 45.1 Å². The quantitative estimate of drug-likeness (QED) is 0.768. The second-order valence-electron chi connectivity index (χ2n) is 4.78. The van der Waals surface area contributed by atoms with E-state index >= 15 is 0 Å². The van der Waals surface area contributed by atoms with Gasteiger partial charge in [0.1, 0.15) is 5.15 Å². The zero-order chi connectivity index (χ0) is 13.0. The number of carbonyl (C=O) groups excluding carboxylic acids is 1. The summed E-state index contributed by atoms with van der Waals surface area (Å²) in [4.78, 5) is 18.5. The number of carbonyl (C=O) groups is 1. The molecular weight excluding hydrogens is 248 g/mol. The summed E-state index contributed by atoms with van der Waals surface area (Å²) in [6, 6.07) is 3.80. The molecule has 1 fully saturated rings. The SMILES string of the molecule is CCC1CCCCCN1C(=O)c1ccc(Cl)nc1. The second kappa shape index (κ2) is 6.19. The second-order valence-corrected chi connectivity index (χ2v) is 5.17. The minimum Gasteiger partial charge on any atom is -0.336 e. The summed E-state index contributed by atoms with van der Waals surface area (Å²) < 4.78 is 0. The molecule has 0 spiro atoms. The van der Waals surface area contributed by atoms with Gasteiger partial charge in [0.15, 0.2) is 0 Å². The van der Waals surface area contributed by atoms with Gasteiger partial charge in [-0.25, -0.2) is 4.98 Å². The molecule has 0 radical (unpaired) electrons. The van der Waals surface area contributed by atoms with E-state index in [-0.39, 0.29) is 5.91 Å². The molecule has 2 rings (SSSR count). The molecule has 1 unspecified atom stereocenters. The van der Waals surface area contributed by atoms with Crippen molar-refractivity contribution in [3.05, 3.63) is 29.0 Å². The first-order valence-electron chi connectivity index (χ1n) is 6.65. The maximum absolute atomic E-state index is 12.5. The van der Waals surface area contributed by atoms with E-state index in [0.717, 1.165) is 25.8 Å². The summed E-state index contributed by atoms with van der Waals surface area (Å²) in [5.41, 5.74) is 0.639. The van der Waals surface area contributed by atoms with Crippen LogP contribution in [0.4, 0.5) is 0 Å². The highest BCUT2D eigenvalue weighted by Crippen LogP contribution is 2.21. The lowest BCUT2D eigenvalue weighted by atomic mass is 10.1. The molecule has 0 N–H and O–H groups in total. The Bertz CT molecular complexity index is 405. The van der Waals surface area contributed by atoms with Gasteiger partial charge in [-0.2, -0.15) is 0 Å². The molecule has 3 nitrogen and oxygen atoms in total. The van der Waals surface area contributed by atoms with Crippen molar-refractivity contribution in [2.75, 3.05) is 6.54 Å². The monoisotopic (exact) mass is 266 g/mol. The minimum atomic E-state index is 0.0907. The van der Waals surface area contributed by atoms with E-state index in [9.17, 15) is 4.79 Å². The molecule has 1 amide bonds. The molecule has 98 valence electrons. The molecule has 0 aliphatic carbocycles. The third-order valence-corrected chi connectivity index (χ3v) is 3.81. The first-order chi connectivity index (χ1) is 8.72. The fourth-order valence-corrected chi connectivity index (χ4v) is 2.65. The highest BCUT2D eigenvalue weighted by Gasteiger charge is 2.24. The highest BCUT2D eigenvalue weighted by molar-refractivity contribution is 6.29. The Morgan fingerprint density at radius 1 is 1.44 bits per heavy atom. The van der Waals surface area contributed by atoms with Gasteiger partial charge in [-0.15, -0.1) is 0 Å². The van der Waals surface area contributed by atoms with Gasteiger partial charge in [-0.1, -0.05) is 31.4 Å². The number of pyridine rings is 1. The molecular formula is C14H19ClN2O. The molecule has 0 bridgehead atoms. The maximum atomic E-state index is 12.5. The Hall–Kier alpha value is -1.09. The minimum absolute atomic E-state index is 0.0907. The van der Waals surface area contributed by atoms with Crippen LogP contribution in [-0.2, 0) is 0 Å². The van der Waals surface area contributed by atoms with Gasteiger partial charge in [0.25, 0.3) is 5.91 Å². The van der Waals surface area contributed by atoms with Crippen molar-refractivity contribution in [1.82, 2.24) is 9.88 Å². The Morgan fingerprint density at radius 3 is 2.94 bits per heavy atom. The van der Waals surface area contributed by atoms with Gasteiger partial charge >= 0.3 is 0 Å². The number of aromatic nitrogens is 1. The van der Waals surface area contributed by atoms with Crippen LogP contribution in [0.25, 0.3) is 0 Å². The van der Waals surface area contributed by atoms with Gasteiger partial charge in [0, 0.05) is 18.8 Å². The van der Waals surface area contributed by atoms with Crippen molar-refractivity contribution in [2.24, 2.45) is 0 Å². The van der Waals surface area contributed by atoms with Crippen LogP contribution >= 0.6 is 11.6 Å². The normalized spacial score (nSPS) is 20.6. The van der Waals surface area contributed by atoms with E-state index in [0.29, 0.717) is 16.8 Å². The summed E-state index contributed by atoms with van der Waals surface area (Å²) in [7, 11) is 0. The first kappa shape index (κ1) is 13.3. The van der Waals surface area contributed by atoms with Crippen LogP contribution in [0.2, 0.25) is 5.15 Å². The molecule has 1 saturated heterocycles. The lowest BCUT2D eigenvalue weighted by Gasteiger charge is -2.29. The molecule has 4 heteroatoms. The van der Waals surface area contributed by atoms with Gasteiger partial charge < -0.3 is 4.90 Å². The predicted molar refractivity (Wildman–Crippen MR) is 72.8 cm³/mol. The van der Waals surface area contributed by atoms with Crippen LogP contribution in [0.15, 0.2) is 18.3 Å². The zero-order valence-corrected chi connectivity index (χ0v) is 11.5. The number of amides is 1. The number of hydrogen-bond acceptors (Lipinski definition) is 2. The summed E-state index contributed by atoms with van der Waals surface area (Å²) in [6.07, 6.45) is 7.25. The molecule has 1 aromatic heterocycles. The van der Waals surface area contributed by atoms with Crippen LogP contribution < -0.4 is 0 Å². The van der Waals surface area contributed by atoms with Gasteiger partial charge in [0.05, 0.1) is 5.56 Å². The van der Waals surface area contributed by atoms with Crippen LogP contribution in [0.3, 0.4) is 0 Å². The smallest absolute Gasteiger partial charge is 0.255 e. The molecule has 0 saturated carbocycles. The van der Waals surface area contributed by atoms with Crippen molar-refractivity contribution in [3.8, 4) is 0 Å². The number of nitrogens with zero attached hydrogens (tertiary/aromatic N) is 2. The van der Waals surface area contributed by atoms with E-state index in [1.54, 1.807) is 18.3 Å². The lowest BCUT2D eigenvalue weighted by Crippen LogP contribution is -2.39. The average molecular weight is 267 g/mol. The van der Waals surface area contributed by atoms with E-state index in [1.807, 2.05) is 4.90 Å². The molecule has 1 aliphatic heterocycles. The average Bonchev–Trinajstić information content (AvgIpc) is 2.63. The van der Waals surface area contributed by atoms with E-state index in [4.69, 9.17) is 11.6 Å². The van der Waals surface area contributed by atoms with Gasteiger partial charge in [0.2, 0.25) is 0 Å². The number of likely N-dealkylation sites (tertiary alicyclic amines) is 1. The van der Waals surface area contributed by atoms with Crippen LogP contribution in [0, 0.1) is 0 Å². The molecule has 1 aliphatic rings. The van der Waals surface area contributed by atoms with Crippen molar-refractivity contribution in [1.29, 1.82) is 0 Å². The zero-order valence-electron chi connectivity index (χ0n) is 10.7. The van der Waals surface area contributed by atoms with Crippen molar-refractivity contribution < 1.29 is 4.79 Å². The van der Waals surface area contributed by atoms with E-state index in [1.165, 1.54) is 12.8 Å². The predicted octanol–water partition coefficient (Wildman–Crippen LogP) is 3.53. The lowest BCUT2D eigenvalue weighted by molar-refractivity contribution is 0.0678. The fourth-order valence-electron chi connectivity index (χ4n) is 2.54. The highest BCUT2D eigenvalue weighted by atomic mass is 35.5. The molecule has 1 aromatic rings. The van der Waals surface area contributed by atoms with Gasteiger partial charge in [-0.3, -0.25) is 4.79 Å². The number of rotatable bonds is 2. The summed E-state index contributed by atoms with van der Waals surface area (Å²) in [5, 5.41) is 0.425. The fraction of sp³-hybridized carbons (Fsp3) is 0.571. The Morgan fingerprint density at radius 2 is 2.28 bits per heavy atom. The van der Waals surface area contributed by atoms with E-state index in [2.05, 4.69) is 11.9 Å². The largest absolute Gasteiger partial charge is 0.336 e. The standard InChI is InChI=1S/C14H19ClN2O/c1-2-12-6-4-3-5-9-17(12)14(18)11-7-8-13(15)16-10-11/h7-8,10,12H,2-6,9H2,1H3. The summed E-state index contributed by atoms with van der Waals surface area (Å²) in [5.74, 6) is 0.0907. The number of hydrogen-bond donors (Lipinski definition) is 0. The first-order valence-corrected chi connectivity index (χ1v) is 7.02. The van der Waals surface area contributed by atoms with Crippen LogP contribution in [0.5, 0.6) is 0 Å². The Kier molecular flexibility index (Phi) is 4.59. The maximum Gasteiger partial charge on any atom is 0.255 e. The summed E-state index contributed by atoms with van der Waals surface area (Å²) >= 11 is 5.75. The molecule has 0 aromatic carbocycles. The van der Waals surface area contributed by atoms with Gasteiger partial charge in [-0.05, 0) is 31.4 Å². The van der Waals surface area contributed by atoms with Crippen LogP contribution in [-0.4, -0.2) is 28.4 Å². The Labute approximate surface area is 113 Å². The number of halogens is 1. The third-order valence-electron chi connectivity index (χ3n) is 3.58. The molecule has 2 heterocycles. The van der Waals surface area contributed by atoms with Crippen LogP contribution in [0.1, 0.15) is 49.4 Å². The topological polar surface area (TPSA) is 33.2 Å². The molecule has 18 heavy (non-hydrogen) atoms. The third kappa shape index (κ3) is 3.02. The Balaban J connectivity index is 2.17.